The topological polar surface area (TPSA) is 92.9 Å². The van der Waals surface area contributed by atoms with Crippen LogP contribution in [0.3, 0.4) is 0 Å². The Bertz CT molecular complexity index is 1300. The van der Waals surface area contributed by atoms with E-state index in [1.54, 1.807) is 12.1 Å². The van der Waals surface area contributed by atoms with Gasteiger partial charge < -0.3 is 15.1 Å². The second kappa shape index (κ2) is 10.2. The zero-order valence-corrected chi connectivity index (χ0v) is 20.6. The van der Waals surface area contributed by atoms with E-state index in [2.05, 4.69) is 41.7 Å². The molecular formula is C25H23BrClN5O2. The maximum atomic E-state index is 12.7. The molecule has 7 nitrogen and oxygen atoms in total. The summed E-state index contributed by atoms with van der Waals surface area (Å²) in [4.78, 5) is 17.2. The minimum atomic E-state index is -0.139. The molecule has 174 valence electrons. The van der Waals surface area contributed by atoms with Crippen LogP contribution in [-0.2, 0) is 6.54 Å². The number of carbonyl (C=O) groups excluding carboxylic acids is 1. The number of carbonyl (C=O) groups is 1. The first-order chi connectivity index (χ1) is 16.5. The van der Waals surface area contributed by atoms with Crippen molar-refractivity contribution >= 4 is 44.3 Å². The predicted molar refractivity (Wildman–Crippen MR) is 135 cm³/mol. The van der Waals surface area contributed by atoms with Crippen molar-refractivity contribution in [3.63, 3.8) is 0 Å². The minimum absolute atomic E-state index is 0.139. The normalized spacial score (nSPS) is 18.2. The number of amides is 1. The molecule has 1 amide bonds. The van der Waals surface area contributed by atoms with Gasteiger partial charge in [0.1, 0.15) is 5.69 Å². The van der Waals surface area contributed by atoms with E-state index in [1.807, 2.05) is 42.5 Å². The molecule has 0 bridgehead atoms. The first kappa shape index (κ1) is 23.0. The quantitative estimate of drug-likeness (QED) is 0.334. The van der Waals surface area contributed by atoms with E-state index in [4.69, 9.17) is 16.0 Å². The summed E-state index contributed by atoms with van der Waals surface area (Å²) in [6, 6.07) is 17.3. The Morgan fingerprint density at radius 3 is 2.56 bits per heavy atom. The third-order valence-corrected chi connectivity index (χ3v) is 6.81. The highest BCUT2D eigenvalue weighted by Crippen LogP contribution is 2.23. The Kier molecular flexibility index (Phi) is 6.89. The van der Waals surface area contributed by atoms with Crippen molar-refractivity contribution < 1.29 is 9.21 Å². The van der Waals surface area contributed by atoms with E-state index in [0.717, 1.165) is 46.6 Å². The van der Waals surface area contributed by atoms with Crippen LogP contribution < -0.4 is 10.6 Å². The molecule has 0 unspecified atom stereocenters. The summed E-state index contributed by atoms with van der Waals surface area (Å²) in [5.41, 5.74) is 2.07. The smallest absolute Gasteiger partial charge is 0.270 e. The zero-order chi connectivity index (χ0) is 23.5. The molecule has 4 aromatic rings. The van der Waals surface area contributed by atoms with Crippen LogP contribution in [0.2, 0.25) is 5.02 Å². The van der Waals surface area contributed by atoms with Crippen molar-refractivity contribution in [2.24, 2.45) is 0 Å². The maximum absolute atomic E-state index is 12.7. The van der Waals surface area contributed by atoms with Gasteiger partial charge >= 0.3 is 0 Å². The zero-order valence-electron chi connectivity index (χ0n) is 18.3. The maximum Gasteiger partial charge on any atom is 0.270 e. The van der Waals surface area contributed by atoms with Crippen molar-refractivity contribution in [2.45, 2.75) is 44.3 Å². The molecule has 34 heavy (non-hydrogen) atoms. The Hall–Kier alpha value is -2.81. The highest BCUT2D eigenvalue weighted by molar-refractivity contribution is 9.10. The SMILES string of the molecule is O=C(NC1CCC(NCc2nnc(-c3ccc(Br)cc3)o2)CC1)c1ccc2cc(Cl)ccc2n1. The number of benzene rings is 2. The van der Waals surface area contributed by atoms with Gasteiger partial charge in [-0.2, -0.15) is 0 Å². The lowest BCUT2D eigenvalue weighted by Crippen LogP contribution is -2.42. The van der Waals surface area contributed by atoms with Crippen LogP contribution in [-0.4, -0.2) is 33.2 Å². The molecular weight excluding hydrogens is 518 g/mol. The van der Waals surface area contributed by atoms with Gasteiger partial charge in [-0.3, -0.25) is 4.79 Å². The average Bonchev–Trinajstić information content (AvgIpc) is 3.33. The monoisotopic (exact) mass is 539 g/mol. The molecule has 2 heterocycles. The van der Waals surface area contributed by atoms with E-state index in [0.29, 0.717) is 35.1 Å². The molecule has 1 fully saturated rings. The van der Waals surface area contributed by atoms with Gasteiger partial charge in [-0.1, -0.05) is 33.6 Å². The summed E-state index contributed by atoms with van der Waals surface area (Å²) >= 11 is 9.45. The summed E-state index contributed by atoms with van der Waals surface area (Å²) in [5.74, 6) is 0.942. The second-order valence-corrected chi connectivity index (χ2v) is 9.80. The van der Waals surface area contributed by atoms with Crippen LogP contribution in [0.1, 0.15) is 42.1 Å². The summed E-state index contributed by atoms with van der Waals surface area (Å²) in [6.45, 7) is 0.524. The van der Waals surface area contributed by atoms with Crippen molar-refractivity contribution in [1.29, 1.82) is 0 Å². The van der Waals surface area contributed by atoms with Crippen LogP contribution in [0.25, 0.3) is 22.4 Å². The lowest BCUT2D eigenvalue weighted by Gasteiger charge is -2.29. The Balaban J connectivity index is 1.10. The molecule has 2 N–H and O–H groups in total. The molecule has 0 aliphatic heterocycles. The van der Waals surface area contributed by atoms with E-state index in [-0.39, 0.29) is 11.9 Å². The van der Waals surface area contributed by atoms with Crippen LogP contribution in [0, 0.1) is 0 Å². The number of nitrogens with zero attached hydrogens (tertiary/aromatic N) is 3. The van der Waals surface area contributed by atoms with Gasteiger partial charge in [0.2, 0.25) is 11.8 Å². The lowest BCUT2D eigenvalue weighted by molar-refractivity contribution is 0.0919. The van der Waals surface area contributed by atoms with Crippen molar-refractivity contribution in [2.75, 3.05) is 0 Å². The van der Waals surface area contributed by atoms with Gasteiger partial charge in [-0.25, -0.2) is 4.98 Å². The Morgan fingerprint density at radius 2 is 1.76 bits per heavy atom. The van der Waals surface area contributed by atoms with Gasteiger partial charge in [0.15, 0.2) is 0 Å². The van der Waals surface area contributed by atoms with Gasteiger partial charge in [-0.05, 0) is 74.2 Å². The largest absolute Gasteiger partial charge is 0.419 e. The van der Waals surface area contributed by atoms with Crippen LogP contribution >= 0.6 is 27.5 Å². The number of rotatable bonds is 6. The van der Waals surface area contributed by atoms with E-state index in [1.165, 1.54) is 0 Å². The van der Waals surface area contributed by atoms with Gasteiger partial charge in [0.05, 0.1) is 12.1 Å². The van der Waals surface area contributed by atoms with Gasteiger partial charge in [0, 0.05) is 32.5 Å². The molecule has 0 saturated heterocycles. The molecule has 0 atom stereocenters. The molecule has 0 spiro atoms. The fourth-order valence-electron chi connectivity index (χ4n) is 4.19. The molecule has 2 aromatic heterocycles. The molecule has 1 aliphatic carbocycles. The second-order valence-electron chi connectivity index (χ2n) is 8.44. The standard InChI is InChI=1S/C25H23BrClN5O2/c26-17-4-1-15(2-5-17)25-32-31-23(34-25)14-28-19-7-9-20(10-8-19)29-24(33)22-11-3-16-13-18(27)6-12-21(16)30-22/h1-6,11-13,19-20,28H,7-10,14H2,(H,29,33). The Morgan fingerprint density at radius 1 is 1.00 bits per heavy atom. The van der Waals surface area contributed by atoms with Crippen molar-refractivity contribution in [1.82, 2.24) is 25.8 Å². The number of fused-ring (bicyclic) bond motifs is 1. The lowest BCUT2D eigenvalue weighted by atomic mass is 9.91. The summed E-state index contributed by atoms with van der Waals surface area (Å²) in [6.07, 6.45) is 3.73. The van der Waals surface area contributed by atoms with Crippen LogP contribution in [0.4, 0.5) is 0 Å². The van der Waals surface area contributed by atoms with Crippen LogP contribution in [0.15, 0.2) is 63.5 Å². The van der Waals surface area contributed by atoms with E-state index < -0.39 is 0 Å². The number of aromatic nitrogens is 3. The molecule has 1 aliphatic rings. The molecule has 5 rings (SSSR count). The highest BCUT2D eigenvalue weighted by Gasteiger charge is 2.23. The third kappa shape index (κ3) is 5.46. The third-order valence-electron chi connectivity index (χ3n) is 6.05. The molecule has 9 heteroatoms. The van der Waals surface area contributed by atoms with Crippen molar-refractivity contribution in [3.05, 3.63) is 75.7 Å². The van der Waals surface area contributed by atoms with Crippen molar-refractivity contribution in [3.8, 4) is 11.5 Å². The van der Waals surface area contributed by atoms with E-state index >= 15 is 0 Å². The molecule has 1 saturated carbocycles. The first-order valence-corrected chi connectivity index (χ1v) is 12.4. The molecule has 0 radical (unpaired) electrons. The van der Waals surface area contributed by atoms with Crippen LogP contribution in [0.5, 0.6) is 0 Å². The average molecular weight is 541 g/mol. The number of halogens is 2. The first-order valence-electron chi connectivity index (χ1n) is 11.2. The Labute approximate surface area is 210 Å². The molecule has 2 aromatic carbocycles. The number of hydrogen-bond donors (Lipinski definition) is 2. The summed E-state index contributed by atoms with van der Waals surface area (Å²) < 4.78 is 6.79. The highest BCUT2D eigenvalue weighted by atomic mass is 79.9. The van der Waals surface area contributed by atoms with Gasteiger partial charge in [0.25, 0.3) is 5.91 Å². The summed E-state index contributed by atoms with van der Waals surface area (Å²) in [7, 11) is 0. The fourth-order valence-corrected chi connectivity index (χ4v) is 4.63. The minimum Gasteiger partial charge on any atom is -0.419 e. The van der Waals surface area contributed by atoms with E-state index in [9.17, 15) is 4.79 Å². The predicted octanol–water partition coefficient (Wildman–Crippen LogP) is 5.53. The van der Waals surface area contributed by atoms with Gasteiger partial charge in [-0.15, -0.1) is 10.2 Å². The fraction of sp³-hybridized carbons (Fsp3) is 0.280. The summed E-state index contributed by atoms with van der Waals surface area (Å²) in [5, 5.41) is 16.5. The number of hydrogen-bond acceptors (Lipinski definition) is 6. The number of nitrogens with one attached hydrogen (secondary N) is 2. The number of pyridine rings is 1.